The molecule has 1 aromatic rings. The average molecular weight is 261 g/mol. The van der Waals surface area contributed by atoms with E-state index in [0.717, 1.165) is 24.5 Å². The van der Waals surface area contributed by atoms with Crippen molar-refractivity contribution in [3.63, 3.8) is 0 Å². The van der Waals surface area contributed by atoms with Gasteiger partial charge < -0.3 is 10.0 Å². The lowest BCUT2D eigenvalue weighted by molar-refractivity contribution is 0.115. The highest BCUT2D eigenvalue weighted by atomic mass is 16.3. The van der Waals surface area contributed by atoms with Crippen LogP contribution in [0.5, 0.6) is 0 Å². The van der Waals surface area contributed by atoms with Gasteiger partial charge in [-0.2, -0.15) is 0 Å². The van der Waals surface area contributed by atoms with E-state index in [1.54, 1.807) is 6.20 Å². The molecule has 2 aliphatic heterocycles. The van der Waals surface area contributed by atoms with Crippen molar-refractivity contribution in [2.45, 2.75) is 44.9 Å². The van der Waals surface area contributed by atoms with Gasteiger partial charge in [-0.05, 0) is 37.9 Å². The molecule has 0 aliphatic carbocycles. The van der Waals surface area contributed by atoms with Crippen molar-refractivity contribution in [1.29, 1.82) is 0 Å². The first-order valence-electron chi connectivity index (χ1n) is 7.34. The minimum Gasteiger partial charge on any atom is -0.392 e. The van der Waals surface area contributed by atoms with Gasteiger partial charge >= 0.3 is 0 Å². The number of nitrogens with zero attached hydrogens (tertiary/aromatic N) is 3. The Hall–Kier alpha value is -1.13. The molecule has 104 valence electrons. The standard InChI is InChI=1S/C15H23N3O/c1-12-9-17-7-3-2-4-14(17)10-18(12)15-6-5-13(11-19)8-16-15/h5-6,8,12,14,19H,2-4,7,9-11H2,1H3. The average Bonchev–Trinajstić information content (AvgIpc) is 2.47. The Morgan fingerprint density at radius 2 is 2.21 bits per heavy atom. The fourth-order valence-corrected chi connectivity index (χ4v) is 3.35. The first-order chi connectivity index (χ1) is 9.28. The normalized spacial score (nSPS) is 28.2. The van der Waals surface area contributed by atoms with Gasteiger partial charge in [-0.15, -0.1) is 0 Å². The van der Waals surface area contributed by atoms with Gasteiger partial charge in [-0.25, -0.2) is 4.98 Å². The highest BCUT2D eigenvalue weighted by Gasteiger charge is 2.33. The maximum absolute atomic E-state index is 9.08. The molecule has 0 bridgehead atoms. The van der Waals surface area contributed by atoms with Crippen LogP contribution in [-0.2, 0) is 6.61 Å². The van der Waals surface area contributed by atoms with Gasteiger partial charge in [0.1, 0.15) is 5.82 Å². The van der Waals surface area contributed by atoms with Crippen molar-refractivity contribution in [1.82, 2.24) is 9.88 Å². The Balaban J connectivity index is 1.75. The molecular weight excluding hydrogens is 238 g/mol. The lowest BCUT2D eigenvalue weighted by Crippen LogP contribution is -2.59. The number of hydrogen-bond acceptors (Lipinski definition) is 4. The summed E-state index contributed by atoms with van der Waals surface area (Å²) in [6.45, 7) is 5.85. The van der Waals surface area contributed by atoms with Crippen LogP contribution >= 0.6 is 0 Å². The summed E-state index contributed by atoms with van der Waals surface area (Å²) in [4.78, 5) is 9.58. The molecule has 0 amide bonds. The molecule has 3 heterocycles. The molecule has 3 rings (SSSR count). The smallest absolute Gasteiger partial charge is 0.128 e. The van der Waals surface area contributed by atoms with Crippen LogP contribution in [0, 0.1) is 0 Å². The van der Waals surface area contributed by atoms with E-state index in [4.69, 9.17) is 5.11 Å². The Morgan fingerprint density at radius 3 is 2.95 bits per heavy atom. The van der Waals surface area contributed by atoms with E-state index in [1.807, 2.05) is 12.1 Å². The highest BCUT2D eigenvalue weighted by Crippen LogP contribution is 2.27. The van der Waals surface area contributed by atoms with Crippen molar-refractivity contribution < 1.29 is 5.11 Å². The van der Waals surface area contributed by atoms with E-state index in [2.05, 4.69) is 21.7 Å². The minimum atomic E-state index is 0.0687. The number of pyridine rings is 1. The Labute approximate surface area is 115 Å². The molecule has 2 saturated heterocycles. The fourth-order valence-electron chi connectivity index (χ4n) is 3.35. The summed E-state index contributed by atoms with van der Waals surface area (Å²) in [5.41, 5.74) is 0.882. The molecule has 2 fully saturated rings. The maximum atomic E-state index is 9.08. The van der Waals surface area contributed by atoms with Gasteiger partial charge in [0.05, 0.1) is 6.61 Å². The number of rotatable bonds is 2. The van der Waals surface area contributed by atoms with Gasteiger partial charge in [-0.1, -0.05) is 12.5 Å². The predicted molar refractivity (Wildman–Crippen MR) is 76.2 cm³/mol. The number of aliphatic hydroxyl groups excluding tert-OH is 1. The summed E-state index contributed by atoms with van der Waals surface area (Å²) in [6, 6.07) is 5.23. The van der Waals surface area contributed by atoms with Crippen LogP contribution in [0.2, 0.25) is 0 Å². The van der Waals surface area contributed by atoms with E-state index in [0.29, 0.717) is 12.1 Å². The van der Waals surface area contributed by atoms with Crippen LogP contribution in [0.25, 0.3) is 0 Å². The van der Waals surface area contributed by atoms with Crippen molar-refractivity contribution >= 4 is 5.82 Å². The van der Waals surface area contributed by atoms with Crippen LogP contribution < -0.4 is 4.90 Å². The third kappa shape index (κ3) is 2.60. The van der Waals surface area contributed by atoms with Crippen molar-refractivity contribution in [2.75, 3.05) is 24.5 Å². The number of fused-ring (bicyclic) bond motifs is 1. The lowest BCUT2D eigenvalue weighted by atomic mass is 9.97. The van der Waals surface area contributed by atoms with Gasteiger partial charge in [0.2, 0.25) is 0 Å². The lowest BCUT2D eigenvalue weighted by Gasteiger charge is -2.48. The molecule has 1 N–H and O–H groups in total. The zero-order valence-corrected chi connectivity index (χ0v) is 11.6. The third-order valence-corrected chi connectivity index (χ3v) is 4.47. The van der Waals surface area contributed by atoms with Crippen LogP contribution in [0.4, 0.5) is 5.82 Å². The van der Waals surface area contributed by atoms with Crippen LogP contribution in [0.1, 0.15) is 31.7 Å². The van der Waals surface area contributed by atoms with Crippen molar-refractivity contribution in [2.24, 2.45) is 0 Å². The Kier molecular flexibility index (Phi) is 3.71. The number of piperidine rings is 1. The molecule has 0 saturated carbocycles. The van der Waals surface area contributed by atoms with Crippen molar-refractivity contribution in [3.05, 3.63) is 23.9 Å². The molecule has 2 aliphatic rings. The molecule has 0 aromatic carbocycles. The molecule has 4 nitrogen and oxygen atoms in total. The quantitative estimate of drug-likeness (QED) is 0.878. The number of anilines is 1. The van der Waals surface area contributed by atoms with E-state index >= 15 is 0 Å². The van der Waals surface area contributed by atoms with Crippen LogP contribution in [0.15, 0.2) is 18.3 Å². The van der Waals surface area contributed by atoms with E-state index in [1.165, 1.54) is 25.8 Å². The molecule has 2 atom stereocenters. The van der Waals surface area contributed by atoms with Gasteiger partial charge in [-0.3, -0.25) is 4.90 Å². The van der Waals surface area contributed by atoms with E-state index in [-0.39, 0.29) is 6.61 Å². The monoisotopic (exact) mass is 261 g/mol. The summed E-state index contributed by atoms with van der Waals surface area (Å²) >= 11 is 0. The summed E-state index contributed by atoms with van der Waals surface area (Å²) < 4.78 is 0. The number of piperazine rings is 1. The van der Waals surface area contributed by atoms with Crippen molar-refractivity contribution in [3.8, 4) is 0 Å². The molecule has 19 heavy (non-hydrogen) atoms. The third-order valence-electron chi connectivity index (χ3n) is 4.47. The van der Waals surface area contributed by atoms with E-state index in [9.17, 15) is 0 Å². The largest absolute Gasteiger partial charge is 0.392 e. The zero-order chi connectivity index (χ0) is 13.2. The summed E-state index contributed by atoms with van der Waals surface area (Å²) in [5, 5.41) is 9.08. The van der Waals surface area contributed by atoms with Crippen LogP contribution in [-0.4, -0.2) is 46.7 Å². The molecular formula is C15H23N3O. The topological polar surface area (TPSA) is 39.6 Å². The number of hydrogen-bond donors (Lipinski definition) is 1. The number of aromatic nitrogens is 1. The predicted octanol–water partition coefficient (Wildman–Crippen LogP) is 1.64. The van der Waals surface area contributed by atoms with Gasteiger partial charge in [0.15, 0.2) is 0 Å². The Bertz CT molecular complexity index is 420. The molecule has 2 unspecified atom stereocenters. The summed E-state index contributed by atoms with van der Waals surface area (Å²) in [7, 11) is 0. The molecule has 0 spiro atoms. The highest BCUT2D eigenvalue weighted by molar-refractivity contribution is 5.41. The van der Waals surface area contributed by atoms with Gasteiger partial charge in [0, 0.05) is 31.4 Å². The summed E-state index contributed by atoms with van der Waals surface area (Å²) in [5.74, 6) is 1.05. The van der Waals surface area contributed by atoms with E-state index < -0.39 is 0 Å². The summed E-state index contributed by atoms with van der Waals surface area (Å²) in [6.07, 6.45) is 5.82. The minimum absolute atomic E-state index is 0.0687. The molecule has 4 heteroatoms. The number of aliphatic hydroxyl groups is 1. The second-order valence-electron chi connectivity index (χ2n) is 5.83. The molecule has 1 aromatic heterocycles. The molecule has 0 radical (unpaired) electrons. The van der Waals surface area contributed by atoms with Crippen LogP contribution in [0.3, 0.4) is 0 Å². The second kappa shape index (κ2) is 5.47. The zero-order valence-electron chi connectivity index (χ0n) is 11.6. The fraction of sp³-hybridized carbons (Fsp3) is 0.667. The second-order valence-corrected chi connectivity index (χ2v) is 5.83. The first-order valence-corrected chi connectivity index (χ1v) is 7.34. The van der Waals surface area contributed by atoms with Gasteiger partial charge in [0.25, 0.3) is 0 Å². The maximum Gasteiger partial charge on any atom is 0.128 e. The first kappa shape index (κ1) is 12.9. The SMILES string of the molecule is CC1CN2CCCCC2CN1c1ccc(CO)cn1. The Morgan fingerprint density at radius 1 is 1.32 bits per heavy atom.